The summed E-state index contributed by atoms with van der Waals surface area (Å²) < 4.78 is 28.4. The Kier molecular flexibility index (Phi) is 6.49. The summed E-state index contributed by atoms with van der Waals surface area (Å²) in [6, 6.07) is 2.56. The molecule has 1 aromatic heterocycles. The summed E-state index contributed by atoms with van der Waals surface area (Å²) in [7, 11) is 0. The highest BCUT2D eigenvalue weighted by Gasteiger charge is 2.26. The minimum Gasteiger partial charge on any atom is -0.383 e. The van der Waals surface area contributed by atoms with E-state index in [1.54, 1.807) is 0 Å². The summed E-state index contributed by atoms with van der Waals surface area (Å²) in [5.41, 5.74) is 3.89. The third-order valence-electron chi connectivity index (χ3n) is 4.07. The Morgan fingerprint density at radius 3 is 2.52 bits per heavy atom. The number of rotatable bonds is 7. The van der Waals surface area contributed by atoms with Crippen LogP contribution in [0.15, 0.2) is 27.8 Å². The Morgan fingerprint density at radius 2 is 1.93 bits per heavy atom. The molecule has 2 aromatic rings. The molecule has 0 aliphatic carbocycles. The van der Waals surface area contributed by atoms with Crippen molar-refractivity contribution in [2.75, 3.05) is 17.2 Å². The molecule has 0 radical (unpaired) electrons. The standard InChI is InChI=1S/C18H22F2N4O3/c1-3-5-9-23(17(26)12-7-6-11(19)10-13(12)20)14-15(21)24(8-4-2)18(27)22-16(14)25/h6-7,10H,3-5,8-9,21H2,1-2H3,(H,22,25,27). The van der Waals surface area contributed by atoms with Gasteiger partial charge < -0.3 is 10.6 Å². The predicted molar refractivity (Wildman–Crippen MR) is 99.0 cm³/mol. The van der Waals surface area contributed by atoms with Crippen molar-refractivity contribution in [3.63, 3.8) is 0 Å². The monoisotopic (exact) mass is 380 g/mol. The van der Waals surface area contributed by atoms with Crippen LogP contribution >= 0.6 is 0 Å². The van der Waals surface area contributed by atoms with Crippen LogP contribution in [0.25, 0.3) is 0 Å². The molecule has 0 aliphatic rings. The van der Waals surface area contributed by atoms with Crippen LogP contribution in [0.1, 0.15) is 43.5 Å². The van der Waals surface area contributed by atoms with Gasteiger partial charge in [-0.05, 0) is 25.0 Å². The number of aromatic amines is 1. The second-order valence-electron chi connectivity index (χ2n) is 6.08. The number of nitrogens with one attached hydrogen (secondary N) is 1. The summed E-state index contributed by atoms with van der Waals surface area (Å²) in [6.07, 6.45) is 1.79. The number of halogens is 2. The van der Waals surface area contributed by atoms with Crippen molar-refractivity contribution < 1.29 is 13.6 Å². The van der Waals surface area contributed by atoms with Crippen LogP contribution in [0.2, 0.25) is 0 Å². The number of anilines is 2. The number of aromatic nitrogens is 2. The number of hydrogen-bond donors (Lipinski definition) is 2. The number of H-pyrrole nitrogens is 1. The number of nitrogens with zero attached hydrogens (tertiary/aromatic N) is 2. The number of hydrogen-bond acceptors (Lipinski definition) is 4. The summed E-state index contributed by atoms with van der Waals surface area (Å²) in [5.74, 6) is -2.87. The first kappa shape index (κ1) is 20.3. The minimum atomic E-state index is -1.04. The van der Waals surface area contributed by atoms with Gasteiger partial charge in [0.1, 0.15) is 17.5 Å². The zero-order valence-corrected chi connectivity index (χ0v) is 15.2. The average Bonchev–Trinajstić information content (AvgIpc) is 2.60. The van der Waals surface area contributed by atoms with Gasteiger partial charge in [0.2, 0.25) is 0 Å². The summed E-state index contributed by atoms with van der Waals surface area (Å²) in [4.78, 5) is 40.5. The van der Waals surface area contributed by atoms with Crippen LogP contribution in [-0.2, 0) is 6.54 Å². The Balaban J connectivity index is 2.63. The number of nitrogen functional groups attached to an aromatic ring is 1. The van der Waals surface area contributed by atoms with Crippen LogP contribution in [0.4, 0.5) is 20.3 Å². The van der Waals surface area contributed by atoms with Crippen molar-refractivity contribution in [2.24, 2.45) is 0 Å². The molecule has 0 unspecified atom stereocenters. The molecule has 7 nitrogen and oxygen atoms in total. The van der Waals surface area contributed by atoms with Crippen LogP contribution in [0.5, 0.6) is 0 Å². The molecular weight excluding hydrogens is 358 g/mol. The average molecular weight is 380 g/mol. The van der Waals surface area contributed by atoms with E-state index in [2.05, 4.69) is 4.98 Å². The molecule has 0 atom stereocenters. The molecule has 0 saturated heterocycles. The van der Waals surface area contributed by atoms with Crippen molar-refractivity contribution in [2.45, 2.75) is 39.7 Å². The Bertz CT molecular complexity index is 953. The predicted octanol–water partition coefficient (Wildman–Crippen LogP) is 2.25. The van der Waals surface area contributed by atoms with E-state index in [9.17, 15) is 23.2 Å². The molecule has 27 heavy (non-hydrogen) atoms. The third-order valence-corrected chi connectivity index (χ3v) is 4.07. The van der Waals surface area contributed by atoms with E-state index in [4.69, 9.17) is 5.73 Å². The highest BCUT2D eigenvalue weighted by molar-refractivity contribution is 6.07. The number of benzene rings is 1. The second kappa shape index (κ2) is 8.61. The molecular formula is C18H22F2N4O3. The molecule has 0 spiro atoms. The fraction of sp³-hybridized carbons (Fsp3) is 0.389. The Labute approximate surface area is 154 Å². The number of carbonyl (C=O) groups is 1. The first-order valence-electron chi connectivity index (χ1n) is 8.71. The lowest BCUT2D eigenvalue weighted by molar-refractivity contribution is 0.0982. The summed E-state index contributed by atoms with van der Waals surface area (Å²) in [5, 5.41) is 0. The maximum absolute atomic E-state index is 14.1. The van der Waals surface area contributed by atoms with Crippen molar-refractivity contribution >= 4 is 17.4 Å². The lowest BCUT2D eigenvalue weighted by atomic mass is 10.1. The SMILES string of the molecule is CCCCN(C(=O)c1ccc(F)cc1F)c1c(N)n(CCC)c(=O)[nH]c1=O. The Hall–Kier alpha value is -2.97. The van der Waals surface area contributed by atoms with Gasteiger partial charge >= 0.3 is 5.69 Å². The van der Waals surface area contributed by atoms with E-state index in [1.165, 1.54) is 0 Å². The fourth-order valence-corrected chi connectivity index (χ4v) is 2.72. The van der Waals surface area contributed by atoms with Crippen LogP contribution < -0.4 is 21.9 Å². The molecule has 0 fully saturated rings. The number of unbranched alkanes of at least 4 members (excludes halogenated alkanes) is 1. The zero-order chi connectivity index (χ0) is 20.1. The summed E-state index contributed by atoms with van der Waals surface area (Å²) >= 11 is 0. The minimum absolute atomic E-state index is 0.0871. The molecule has 0 saturated carbocycles. The van der Waals surface area contributed by atoms with Crippen molar-refractivity contribution in [1.82, 2.24) is 9.55 Å². The topological polar surface area (TPSA) is 101 Å². The molecule has 2 rings (SSSR count). The van der Waals surface area contributed by atoms with Crippen LogP contribution in [0, 0.1) is 11.6 Å². The van der Waals surface area contributed by atoms with Gasteiger partial charge in [-0.25, -0.2) is 13.6 Å². The Morgan fingerprint density at radius 1 is 1.22 bits per heavy atom. The van der Waals surface area contributed by atoms with Gasteiger partial charge in [0, 0.05) is 19.2 Å². The number of nitrogens with two attached hydrogens (primary N) is 1. The maximum Gasteiger partial charge on any atom is 0.330 e. The highest BCUT2D eigenvalue weighted by Crippen LogP contribution is 2.22. The van der Waals surface area contributed by atoms with Gasteiger partial charge in [0.05, 0.1) is 5.56 Å². The molecule has 1 aromatic carbocycles. The molecule has 1 heterocycles. The van der Waals surface area contributed by atoms with Gasteiger partial charge in [0.25, 0.3) is 11.5 Å². The molecule has 0 aliphatic heterocycles. The van der Waals surface area contributed by atoms with E-state index in [0.717, 1.165) is 21.6 Å². The molecule has 1 amide bonds. The van der Waals surface area contributed by atoms with Gasteiger partial charge in [0.15, 0.2) is 5.69 Å². The lowest BCUT2D eigenvalue weighted by Crippen LogP contribution is -2.42. The van der Waals surface area contributed by atoms with E-state index >= 15 is 0 Å². The lowest BCUT2D eigenvalue weighted by Gasteiger charge is -2.24. The number of carbonyl (C=O) groups excluding carboxylic acids is 1. The van der Waals surface area contributed by atoms with E-state index < -0.39 is 28.8 Å². The van der Waals surface area contributed by atoms with Gasteiger partial charge in [-0.15, -0.1) is 0 Å². The first-order valence-corrected chi connectivity index (χ1v) is 8.71. The van der Waals surface area contributed by atoms with Crippen LogP contribution in [-0.4, -0.2) is 22.0 Å². The van der Waals surface area contributed by atoms with Gasteiger partial charge in [-0.1, -0.05) is 20.3 Å². The molecule has 3 N–H and O–H groups in total. The summed E-state index contributed by atoms with van der Waals surface area (Å²) in [6.45, 7) is 4.04. The largest absolute Gasteiger partial charge is 0.383 e. The van der Waals surface area contributed by atoms with E-state index in [-0.39, 0.29) is 30.2 Å². The third kappa shape index (κ3) is 4.24. The second-order valence-corrected chi connectivity index (χ2v) is 6.08. The normalized spacial score (nSPS) is 10.8. The molecule has 9 heteroatoms. The van der Waals surface area contributed by atoms with E-state index in [1.807, 2.05) is 13.8 Å². The smallest absolute Gasteiger partial charge is 0.330 e. The van der Waals surface area contributed by atoms with Crippen molar-refractivity contribution in [3.05, 3.63) is 56.2 Å². The quantitative estimate of drug-likeness (QED) is 0.769. The van der Waals surface area contributed by atoms with Crippen molar-refractivity contribution in [3.8, 4) is 0 Å². The van der Waals surface area contributed by atoms with E-state index in [0.29, 0.717) is 25.3 Å². The van der Waals surface area contributed by atoms with Crippen molar-refractivity contribution in [1.29, 1.82) is 0 Å². The van der Waals surface area contributed by atoms with Gasteiger partial charge in [-0.2, -0.15) is 0 Å². The molecule has 146 valence electrons. The first-order chi connectivity index (χ1) is 12.8. The zero-order valence-electron chi connectivity index (χ0n) is 15.2. The highest BCUT2D eigenvalue weighted by atomic mass is 19.1. The maximum atomic E-state index is 14.1. The fourth-order valence-electron chi connectivity index (χ4n) is 2.72. The molecule has 0 bridgehead atoms. The van der Waals surface area contributed by atoms with Crippen LogP contribution in [0.3, 0.4) is 0 Å². The number of amides is 1. The van der Waals surface area contributed by atoms with Gasteiger partial charge in [-0.3, -0.25) is 19.1 Å².